The zero-order valence-electron chi connectivity index (χ0n) is 13.5. The van der Waals surface area contributed by atoms with Gasteiger partial charge in [0.05, 0.1) is 6.42 Å². The number of amides is 2. The van der Waals surface area contributed by atoms with Crippen LogP contribution in [0, 0.1) is 5.82 Å². The van der Waals surface area contributed by atoms with Crippen LogP contribution in [0.5, 0.6) is 0 Å². The molecule has 0 aliphatic rings. The number of nitrogens with zero attached hydrogens (tertiary/aromatic N) is 2. The minimum atomic E-state index is -0.393. The Morgan fingerprint density at radius 3 is 2.54 bits per heavy atom. The standard InChI is InChI=1S/C18H20FN3O2/c1-14(23)22(13-15-6-8-20-9-7-15)11-10-21-18(24)12-16-4-2-3-5-17(16)19/h2-9H,10-13H2,1H3,(H,21,24). The van der Waals surface area contributed by atoms with Crippen LogP contribution in [0.25, 0.3) is 0 Å². The molecule has 126 valence electrons. The number of nitrogens with one attached hydrogen (secondary N) is 1. The average molecular weight is 329 g/mol. The third-order valence-electron chi connectivity index (χ3n) is 3.58. The number of carbonyl (C=O) groups is 2. The molecule has 0 saturated carbocycles. The van der Waals surface area contributed by atoms with E-state index < -0.39 is 5.82 Å². The number of carbonyl (C=O) groups excluding carboxylic acids is 2. The van der Waals surface area contributed by atoms with E-state index in [0.29, 0.717) is 25.2 Å². The first-order valence-electron chi connectivity index (χ1n) is 7.71. The number of pyridine rings is 1. The predicted octanol–water partition coefficient (Wildman–Crippen LogP) is 1.93. The quantitative estimate of drug-likeness (QED) is 0.844. The van der Waals surface area contributed by atoms with Crippen molar-refractivity contribution < 1.29 is 14.0 Å². The Balaban J connectivity index is 1.81. The van der Waals surface area contributed by atoms with Crippen molar-refractivity contribution in [3.63, 3.8) is 0 Å². The zero-order valence-corrected chi connectivity index (χ0v) is 13.5. The maximum Gasteiger partial charge on any atom is 0.224 e. The van der Waals surface area contributed by atoms with Crippen molar-refractivity contribution in [3.05, 3.63) is 65.7 Å². The van der Waals surface area contributed by atoms with Crippen molar-refractivity contribution in [3.8, 4) is 0 Å². The average Bonchev–Trinajstić information content (AvgIpc) is 2.57. The van der Waals surface area contributed by atoms with E-state index in [4.69, 9.17) is 0 Å². The molecule has 0 aliphatic carbocycles. The predicted molar refractivity (Wildman–Crippen MR) is 88.4 cm³/mol. The molecule has 0 spiro atoms. The van der Waals surface area contributed by atoms with Crippen molar-refractivity contribution >= 4 is 11.8 Å². The topological polar surface area (TPSA) is 62.3 Å². The van der Waals surface area contributed by atoms with E-state index in [9.17, 15) is 14.0 Å². The molecular formula is C18H20FN3O2. The lowest BCUT2D eigenvalue weighted by Crippen LogP contribution is -2.37. The number of hydrogen-bond acceptors (Lipinski definition) is 3. The van der Waals surface area contributed by atoms with Gasteiger partial charge in [-0.3, -0.25) is 14.6 Å². The molecule has 1 N–H and O–H groups in total. The summed E-state index contributed by atoms with van der Waals surface area (Å²) in [4.78, 5) is 29.2. The summed E-state index contributed by atoms with van der Waals surface area (Å²) in [6.45, 7) is 2.65. The van der Waals surface area contributed by atoms with Crippen LogP contribution in [0.3, 0.4) is 0 Å². The summed E-state index contributed by atoms with van der Waals surface area (Å²) in [6, 6.07) is 9.87. The van der Waals surface area contributed by atoms with Crippen LogP contribution in [-0.2, 0) is 22.6 Å². The molecule has 1 heterocycles. The van der Waals surface area contributed by atoms with Crippen LogP contribution in [0.1, 0.15) is 18.1 Å². The van der Waals surface area contributed by atoms with E-state index in [1.54, 1.807) is 35.5 Å². The van der Waals surface area contributed by atoms with Gasteiger partial charge in [-0.1, -0.05) is 18.2 Å². The van der Waals surface area contributed by atoms with Gasteiger partial charge in [0.25, 0.3) is 0 Å². The first kappa shape index (κ1) is 17.6. The van der Waals surface area contributed by atoms with Gasteiger partial charge in [0.1, 0.15) is 5.82 Å². The fraction of sp³-hybridized carbons (Fsp3) is 0.278. The lowest BCUT2D eigenvalue weighted by Gasteiger charge is -2.21. The Morgan fingerprint density at radius 2 is 1.88 bits per heavy atom. The van der Waals surface area contributed by atoms with Crippen molar-refractivity contribution in [2.45, 2.75) is 19.9 Å². The van der Waals surface area contributed by atoms with E-state index in [2.05, 4.69) is 10.3 Å². The minimum absolute atomic E-state index is 0.0168. The molecular weight excluding hydrogens is 309 g/mol. The Bertz CT molecular complexity index is 692. The Labute approximate surface area is 140 Å². The zero-order chi connectivity index (χ0) is 17.4. The SMILES string of the molecule is CC(=O)N(CCNC(=O)Cc1ccccc1F)Cc1ccncc1. The van der Waals surface area contributed by atoms with Gasteiger partial charge < -0.3 is 10.2 Å². The molecule has 0 radical (unpaired) electrons. The summed E-state index contributed by atoms with van der Waals surface area (Å²) in [6.07, 6.45) is 3.32. The summed E-state index contributed by atoms with van der Waals surface area (Å²) in [5.74, 6) is -0.738. The number of aromatic nitrogens is 1. The highest BCUT2D eigenvalue weighted by molar-refractivity contribution is 5.78. The molecule has 0 saturated heterocycles. The van der Waals surface area contributed by atoms with E-state index in [1.807, 2.05) is 12.1 Å². The molecule has 24 heavy (non-hydrogen) atoms. The van der Waals surface area contributed by atoms with Crippen molar-refractivity contribution in [1.29, 1.82) is 0 Å². The molecule has 1 aromatic carbocycles. The lowest BCUT2D eigenvalue weighted by atomic mass is 10.1. The molecule has 0 fully saturated rings. The lowest BCUT2D eigenvalue weighted by molar-refractivity contribution is -0.130. The van der Waals surface area contributed by atoms with Gasteiger partial charge in [-0.25, -0.2) is 4.39 Å². The van der Waals surface area contributed by atoms with E-state index in [0.717, 1.165) is 5.56 Å². The van der Waals surface area contributed by atoms with Crippen LogP contribution >= 0.6 is 0 Å². The van der Waals surface area contributed by atoms with Crippen LogP contribution in [0.4, 0.5) is 4.39 Å². The van der Waals surface area contributed by atoms with Gasteiger partial charge >= 0.3 is 0 Å². The van der Waals surface area contributed by atoms with Gasteiger partial charge in [-0.05, 0) is 29.3 Å². The normalized spacial score (nSPS) is 10.2. The maximum absolute atomic E-state index is 13.5. The summed E-state index contributed by atoms with van der Waals surface area (Å²) in [5, 5.41) is 2.72. The first-order chi connectivity index (χ1) is 11.6. The van der Waals surface area contributed by atoms with E-state index in [1.165, 1.54) is 13.0 Å². The molecule has 0 atom stereocenters. The first-order valence-corrected chi connectivity index (χ1v) is 7.71. The third-order valence-corrected chi connectivity index (χ3v) is 3.58. The van der Waals surface area contributed by atoms with Crippen LogP contribution in [-0.4, -0.2) is 34.8 Å². The molecule has 0 bridgehead atoms. The van der Waals surface area contributed by atoms with E-state index >= 15 is 0 Å². The van der Waals surface area contributed by atoms with Gasteiger partial charge in [0.2, 0.25) is 11.8 Å². The molecule has 2 aromatic rings. The fourth-order valence-corrected chi connectivity index (χ4v) is 2.26. The number of benzene rings is 1. The van der Waals surface area contributed by atoms with Crippen LogP contribution in [0.15, 0.2) is 48.8 Å². The molecule has 0 aliphatic heterocycles. The number of rotatable bonds is 7. The summed E-state index contributed by atoms with van der Waals surface area (Å²) in [5.41, 5.74) is 1.33. The second-order valence-electron chi connectivity index (χ2n) is 5.41. The molecule has 2 amide bonds. The highest BCUT2D eigenvalue weighted by Gasteiger charge is 2.11. The summed E-state index contributed by atoms with van der Waals surface area (Å²) >= 11 is 0. The Kier molecular flexibility index (Phi) is 6.42. The van der Waals surface area contributed by atoms with Crippen molar-refractivity contribution in [2.24, 2.45) is 0 Å². The van der Waals surface area contributed by atoms with Crippen molar-refractivity contribution in [1.82, 2.24) is 15.2 Å². The van der Waals surface area contributed by atoms with Crippen LogP contribution < -0.4 is 5.32 Å². The highest BCUT2D eigenvalue weighted by atomic mass is 19.1. The molecule has 2 rings (SSSR count). The Morgan fingerprint density at radius 1 is 1.17 bits per heavy atom. The van der Waals surface area contributed by atoms with Gasteiger partial charge in [0, 0.05) is 39.0 Å². The molecule has 6 heteroatoms. The maximum atomic E-state index is 13.5. The second-order valence-corrected chi connectivity index (χ2v) is 5.41. The van der Waals surface area contributed by atoms with Crippen LogP contribution in [0.2, 0.25) is 0 Å². The number of hydrogen-bond donors (Lipinski definition) is 1. The van der Waals surface area contributed by atoms with Gasteiger partial charge in [-0.2, -0.15) is 0 Å². The second kappa shape index (κ2) is 8.76. The molecule has 1 aromatic heterocycles. The smallest absolute Gasteiger partial charge is 0.224 e. The molecule has 5 nitrogen and oxygen atoms in total. The monoisotopic (exact) mass is 329 g/mol. The number of halogens is 1. The van der Waals surface area contributed by atoms with Gasteiger partial charge in [0.15, 0.2) is 0 Å². The van der Waals surface area contributed by atoms with Crippen molar-refractivity contribution in [2.75, 3.05) is 13.1 Å². The minimum Gasteiger partial charge on any atom is -0.354 e. The largest absolute Gasteiger partial charge is 0.354 e. The fourth-order valence-electron chi connectivity index (χ4n) is 2.26. The third kappa shape index (κ3) is 5.46. The Hall–Kier alpha value is -2.76. The van der Waals surface area contributed by atoms with E-state index in [-0.39, 0.29) is 18.2 Å². The van der Waals surface area contributed by atoms with Gasteiger partial charge in [-0.15, -0.1) is 0 Å². The molecule has 0 unspecified atom stereocenters. The summed E-state index contributed by atoms with van der Waals surface area (Å²) < 4.78 is 13.5. The summed E-state index contributed by atoms with van der Waals surface area (Å²) in [7, 11) is 0. The highest BCUT2D eigenvalue weighted by Crippen LogP contribution is 2.07.